The van der Waals surface area contributed by atoms with Crippen molar-refractivity contribution in [2.24, 2.45) is 0 Å². The zero-order valence-electron chi connectivity index (χ0n) is 18.9. The SMILES string of the molecule is COc1ccc(NC(=O)NC(=O)COC(=O)[C@@H]2Cc3ccccc3CN2C(=O)c2ccco2)cc1. The second-order valence-corrected chi connectivity index (χ2v) is 7.74. The lowest BCUT2D eigenvalue weighted by Gasteiger charge is -2.34. The summed E-state index contributed by atoms with van der Waals surface area (Å²) in [7, 11) is 1.52. The third-order valence-electron chi connectivity index (χ3n) is 5.46. The first-order chi connectivity index (χ1) is 16.9. The minimum absolute atomic E-state index is 0.0927. The number of carbonyl (C=O) groups is 4. The maximum absolute atomic E-state index is 13.0. The molecule has 0 saturated carbocycles. The lowest BCUT2D eigenvalue weighted by Crippen LogP contribution is -2.50. The molecule has 0 saturated heterocycles. The van der Waals surface area contributed by atoms with Crippen molar-refractivity contribution >= 4 is 29.5 Å². The van der Waals surface area contributed by atoms with Crippen LogP contribution >= 0.6 is 0 Å². The van der Waals surface area contributed by atoms with Gasteiger partial charge in [0.1, 0.15) is 11.8 Å². The van der Waals surface area contributed by atoms with Crippen LogP contribution in [0.2, 0.25) is 0 Å². The molecule has 0 unspecified atom stereocenters. The molecule has 180 valence electrons. The van der Waals surface area contributed by atoms with Crippen molar-refractivity contribution in [3.8, 4) is 5.75 Å². The van der Waals surface area contributed by atoms with Gasteiger partial charge in [0.05, 0.1) is 13.4 Å². The number of nitrogens with zero attached hydrogens (tertiary/aromatic N) is 1. The molecule has 10 heteroatoms. The summed E-state index contributed by atoms with van der Waals surface area (Å²) < 4.78 is 15.4. The number of urea groups is 1. The van der Waals surface area contributed by atoms with E-state index in [1.807, 2.05) is 24.3 Å². The Morgan fingerprint density at radius 2 is 1.74 bits per heavy atom. The molecule has 1 aromatic heterocycles. The number of hydrogen-bond acceptors (Lipinski definition) is 7. The molecule has 35 heavy (non-hydrogen) atoms. The Bertz CT molecular complexity index is 1220. The third-order valence-corrected chi connectivity index (χ3v) is 5.46. The fourth-order valence-corrected chi connectivity index (χ4v) is 3.72. The number of rotatable bonds is 6. The zero-order chi connectivity index (χ0) is 24.8. The third kappa shape index (κ3) is 5.67. The zero-order valence-corrected chi connectivity index (χ0v) is 18.9. The van der Waals surface area contributed by atoms with Crippen LogP contribution in [-0.4, -0.2) is 48.5 Å². The second kappa shape index (κ2) is 10.6. The quantitative estimate of drug-likeness (QED) is 0.523. The van der Waals surface area contributed by atoms with Gasteiger partial charge in [0.2, 0.25) is 0 Å². The van der Waals surface area contributed by atoms with Crippen molar-refractivity contribution in [1.82, 2.24) is 10.2 Å². The number of hydrogen-bond donors (Lipinski definition) is 2. The summed E-state index contributed by atoms with van der Waals surface area (Å²) in [5, 5.41) is 4.59. The molecule has 0 bridgehead atoms. The van der Waals surface area contributed by atoms with Crippen molar-refractivity contribution < 1.29 is 33.1 Å². The average molecular weight is 477 g/mol. The first-order valence-electron chi connectivity index (χ1n) is 10.8. The molecule has 2 aromatic carbocycles. The van der Waals surface area contributed by atoms with Gasteiger partial charge in [-0.25, -0.2) is 9.59 Å². The summed E-state index contributed by atoms with van der Waals surface area (Å²) in [6.07, 6.45) is 1.60. The Kier molecular flexibility index (Phi) is 7.10. The lowest BCUT2D eigenvalue weighted by molar-refractivity contribution is -0.153. The molecular weight excluding hydrogens is 454 g/mol. The molecule has 4 rings (SSSR count). The van der Waals surface area contributed by atoms with E-state index in [-0.39, 0.29) is 18.7 Å². The summed E-state index contributed by atoms with van der Waals surface area (Å²) in [6.45, 7) is -0.498. The van der Waals surface area contributed by atoms with Crippen molar-refractivity contribution in [3.63, 3.8) is 0 Å². The molecule has 1 aliphatic heterocycles. The number of ether oxygens (including phenoxy) is 2. The maximum atomic E-state index is 13.0. The molecule has 0 fully saturated rings. The first-order valence-corrected chi connectivity index (χ1v) is 10.8. The van der Waals surface area contributed by atoms with Gasteiger partial charge in [0.25, 0.3) is 11.8 Å². The van der Waals surface area contributed by atoms with Crippen LogP contribution in [0.25, 0.3) is 0 Å². The van der Waals surface area contributed by atoms with Gasteiger partial charge >= 0.3 is 12.0 Å². The molecule has 0 radical (unpaired) electrons. The first kappa shape index (κ1) is 23.6. The molecule has 3 aromatic rings. The van der Waals surface area contributed by atoms with E-state index in [1.54, 1.807) is 30.3 Å². The minimum atomic E-state index is -0.955. The van der Waals surface area contributed by atoms with E-state index in [2.05, 4.69) is 10.6 Å². The van der Waals surface area contributed by atoms with E-state index < -0.39 is 36.5 Å². The standard InChI is InChI=1S/C25H23N3O7/c1-33-19-10-8-18(9-11-19)26-25(32)27-22(29)15-35-24(31)20-13-16-5-2-3-6-17(16)14-28(20)23(30)21-7-4-12-34-21/h2-12,20H,13-15H2,1H3,(H2,26,27,29,32)/t20-/m0/s1. The van der Waals surface area contributed by atoms with E-state index in [1.165, 1.54) is 24.3 Å². The fourth-order valence-electron chi connectivity index (χ4n) is 3.72. The van der Waals surface area contributed by atoms with E-state index in [0.29, 0.717) is 11.4 Å². The van der Waals surface area contributed by atoms with Gasteiger partial charge < -0.3 is 24.1 Å². The summed E-state index contributed by atoms with van der Waals surface area (Å²) in [5.41, 5.74) is 2.26. The maximum Gasteiger partial charge on any atom is 0.329 e. The highest BCUT2D eigenvalue weighted by atomic mass is 16.5. The minimum Gasteiger partial charge on any atom is -0.497 e. The van der Waals surface area contributed by atoms with Crippen LogP contribution < -0.4 is 15.4 Å². The molecule has 4 amide bonds. The van der Waals surface area contributed by atoms with Gasteiger partial charge in [-0.15, -0.1) is 0 Å². The van der Waals surface area contributed by atoms with Gasteiger partial charge in [-0.05, 0) is 47.5 Å². The highest BCUT2D eigenvalue weighted by Gasteiger charge is 2.37. The predicted octanol–water partition coefficient (Wildman–Crippen LogP) is 2.75. The predicted molar refractivity (Wildman–Crippen MR) is 124 cm³/mol. The molecule has 10 nitrogen and oxygen atoms in total. The number of benzene rings is 2. The van der Waals surface area contributed by atoms with Crippen LogP contribution in [0.5, 0.6) is 5.75 Å². The molecule has 2 heterocycles. The summed E-state index contributed by atoms with van der Waals surface area (Å²) in [6, 6.07) is 15.3. The Hall–Kier alpha value is -4.60. The summed E-state index contributed by atoms with van der Waals surface area (Å²) in [5.74, 6) is -1.33. The summed E-state index contributed by atoms with van der Waals surface area (Å²) in [4.78, 5) is 51.4. The van der Waals surface area contributed by atoms with Crippen LogP contribution in [0.1, 0.15) is 21.7 Å². The molecule has 1 aliphatic rings. The van der Waals surface area contributed by atoms with Crippen LogP contribution in [0.4, 0.5) is 10.5 Å². The Balaban J connectivity index is 1.36. The van der Waals surface area contributed by atoms with E-state index in [9.17, 15) is 19.2 Å². The van der Waals surface area contributed by atoms with E-state index in [0.717, 1.165) is 11.1 Å². The fraction of sp³-hybridized carbons (Fsp3) is 0.200. The highest BCUT2D eigenvalue weighted by molar-refractivity contribution is 6.02. The number of amides is 4. The number of furan rings is 1. The Morgan fingerprint density at radius 3 is 2.43 bits per heavy atom. The van der Waals surface area contributed by atoms with Gasteiger partial charge in [0.15, 0.2) is 12.4 Å². The lowest BCUT2D eigenvalue weighted by atomic mass is 9.93. The smallest absolute Gasteiger partial charge is 0.329 e. The van der Waals surface area contributed by atoms with Crippen molar-refractivity contribution in [2.75, 3.05) is 19.0 Å². The van der Waals surface area contributed by atoms with E-state index >= 15 is 0 Å². The van der Waals surface area contributed by atoms with Crippen LogP contribution in [0.15, 0.2) is 71.3 Å². The number of carbonyl (C=O) groups excluding carboxylic acids is 4. The van der Waals surface area contributed by atoms with Gasteiger partial charge in [0, 0.05) is 18.7 Å². The van der Waals surface area contributed by atoms with Crippen LogP contribution in [0, 0.1) is 0 Å². The van der Waals surface area contributed by atoms with Gasteiger partial charge in [-0.3, -0.25) is 14.9 Å². The van der Waals surface area contributed by atoms with Crippen LogP contribution in [0.3, 0.4) is 0 Å². The monoisotopic (exact) mass is 477 g/mol. The number of fused-ring (bicyclic) bond motifs is 1. The second-order valence-electron chi connectivity index (χ2n) is 7.74. The summed E-state index contributed by atoms with van der Waals surface area (Å²) >= 11 is 0. The normalized spacial score (nSPS) is 14.4. The molecule has 0 aliphatic carbocycles. The Morgan fingerprint density at radius 1 is 1.00 bits per heavy atom. The van der Waals surface area contributed by atoms with Crippen molar-refractivity contribution in [1.29, 1.82) is 0 Å². The number of anilines is 1. The number of nitrogens with one attached hydrogen (secondary N) is 2. The van der Waals surface area contributed by atoms with Crippen molar-refractivity contribution in [3.05, 3.63) is 83.8 Å². The average Bonchev–Trinajstić information content (AvgIpc) is 3.41. The number of methoxy groups -OCH3 is 1. The molecule has 1 atom stereocenters. The van der Waals surface area contributed by atoms with E-state index in [4.69, 9.17) is 13.9 Å². The largest absolute Gasteiger partial charge is 0.497 e. The number of esters is 1. The molecular formula is C25H23N3O7. The molecule has 2 N–H and O–H groups in total. The topological polar surface area (TPSA) is 127 Å². The van der Waals surface area contributed by atoms with Gasteiger partial charge in [-0.2, -0.15) is 0 Å². The van der Waals surface area contributed by atoms with Gasteiger partial charge in [-0.1, -0.05) is 24.3 Å². The Labute approximate surface area is 200 Å². The number of imide groups is 1. The molecule has 0 spiro atoms. The van der Waals surface area contributed by atoms with Crippen molar-refractivity contribution in [2.45, 2.75) is 19.0 Å². The highest BCUT2D eigenvalue weighted by Crippen LogP contribution is 2.26. The van der Waals surface area contributed by atoms with Crippen LogP contribution in [-0.2, 0) is 27.3 Å².